The third-order valence-corrected chi connectivity index (χ3v) is 5.41. The van der Waals surface area contributed by atoms with Crippen LogP contribution >= 0.6 is 0 Å². The van der Waals surface area contributed by atoms with E-state index in [1.54, 1.807) is 12.1 Å². The standard InChI is InChI=1S/C14H21N3O2S/c15-14-4-2-1-3-11(14)10-20(18,19)16-12-7-8-17(9-12)13-5-6-13/h1-4,12-13,16H,5-10,15H2. The Morgan fingerprint density at radius 3 is 2.70 bits per heavy atom. The molecule has 1 atom stereocenters. The molecular weight excluding hydrogens is 274 g/mol. The van der Waals surface area contributed by atoms with Gasteiger partial charge in [-0.25, -0.2) is 13.1 Å². The van der Waals surface area contributed by atoms with Gasteiger partial charge < -0.3 is 5.73 Å². The minimum atomic E-state index is -3.33. The highest BCUT2D eigenvalue weighted by Gasteiger charge is 2.35. The summed E-state index contributed by atoms with van der Waals surface area (Å²) in [7, 11) is -3.33. The number of nitrogens with two attached hydrogens (primary N) is 1. The molecule has 0 radical (unpaired) electrons. The molecule has 2 fully saturated rings. The van der Waals surface area contributed by atoms with Gasteiger partial charge in [-0.3, -0.25) is 4.90 Å². The van der Waals surface area contributed by atoms with Crippen molar-refractivity contribution in [3.05, 3.63) is 29.8 Å². The maximum absolute atomic E-state index is 12.2. The molecule has 3 N–H and O–H groups in total. The predicted octanol–water partition coefficient (Wildman–Crippen LogP) is 0.925. The van der Waals surface area contributed by atoms with Crippen LogP contribution in [0.5, 0.6) is 0 Å². The van der Waals surface area contributed by atoms with Gasteiger partial charge in [0.15, 0.2) is 0 Å². The molecule has 6 heteroatoms. The number of anilines is 1. The van der Waals surface area contributed by atoms with Crippen molar-refractivity contribution in [1.82, 2.24) is 9.62 Å². The summed E-state index contributed by atoms with van der Waals surface area (Å²) in [6.07, 6.45) is 3.43. The maximum atomic E-state index is 12.2. The van der Waals surface area contributed by atoms with Crippen molar-refractivity contribution in [3.63, 3.8) is 0 Å². The molecule has 110 valence electrons. The molecule has 3 rings (SSSR count). The number of hydrogen-bond donors (Lipinski definition) is 2. The van der Waals surface area contributed by atoms with Crippen molar-refractivity contribution in [2.75, 3.05) is 18.8 Å². The first-order valence-corrected chi connectivity index (χ1v) is 8.76. The van der Waals surface area contributed by atoms with Gasteiger partial charge in [-0.2, -0.15) is 0 Å². The molecule has 0 bridgehead atoms. The molecule has 1 saturated carbocycles. The van der Waals surface area contributed by atoms with Crippen molar-refractivity contribution in [3.8, 4) is 0 Å². The molecule has 0 aromatic heterocycles. The third-order valence-electron chi connectivity index (χ3n) is 4.03. The van der Waals surface area contributed by atoms with Crippen LogP contribution in [0.15, 0.2) is 24.3 Å². The fourth-order valence-electron chi connectivity index (χ4n) is 2.82. The minimum Gasteiger partial charge on any atom is -0.398 e. The van der Waals surface area contributed by atoms with E-state index in [0.717, 1.165) is 19.5 Å². The number of rotatable bonds is 5. The summed E-state index contributed by atoms with van der Waals surface area (Å²) in [5.41, 5.74) is 7.00. The monoisotopic (exact) mass is 295 g/mol. The molecule has 1 aliphatic heterocycles. The zero-order chi connectivity index (χ0) is 14.2. The number of likely N-dealkylation sites (tertiary alicyclic amines) is 1. The first kappa shape index (κ1) is 13.9. The third kappa shape index (κ3) is 3.31. The van der Waals surface area contributed by atoms with Crippen LogP contribution in [-0.2, 0) is 15.8 Å². The van der Waals surface area contributed by atoms with Gasteiger partial charge in [0.05, 0.1) is 5.75 Å². The van der Waals surface area contributed by atoms with E-state index < -0.39 is 10.0 Å². The summed E-state index contributed by atoms with van der Waals surface area (Å²) in [5, 5.41) is 0. The molecule has 1 saturated heterocycles. The van der Waals surface area contributed by atoms with Gasteiger partial charge in [-0.15, -0.1) is 0 Å². The van der Waals surface area contributed by atoms with E-state index in [1.807, 2.05) is 12.1 Å². The van der Waals surface area contributed by atoms with Gasteiger partial charge >= 0.3 is 0 Å². The molecule has 20 heavy (non-hydrogen) atoms. The number of para-hydroxylation sites is 1. The Labute approximate surface area is 120 Å². The Morgan fingerprint density at radius 2 is 2.00 bits per heavy atom. The summed E-state index contributed by atoms with van der Waals surface area (Å²) < 4.78 is 27.2. The van der Waals surface area contributed by atoms with E-state index in [4.69, 9.17) is 5.73 Å². The lowest BCUT2D eigenvalue weighted by Gasteiger charge is -2.16. The summed E-state index contributed by atoms with van der Waals surface area (Å²) in [5.74, 6) is -0.0421. The van der Waals surface area contributed by atoms with Crippen molar-refractivity contribution in [1.29, 1.82) is 0 Å². The number of hydrogen-bond acceptors (Lipinski definition) is 4. The fourth-order valence-corrected chi connectivity index (χ4v) is 4.28. The maximum Gasteiger partial charge on any atom is 0.216 e. The molecule has 1 unspecified atom stereocenters. The fraction of sp³-hybridized carbons (Fsp3) is 0.571. The van der Waals surface area contributed by atoms with Crippen LogP contribution in [0.2, 0.25) is 0 Å². The van der Waals surface area contributed by atoms with Crippen LogP contribution in [0.25, 0.3) is 0 Å². The van der Waals surface area contributed by atoms with E-state index >= 15 is 0 Å². The largest absolute Gasteiger partial charge is 0.398 e. The lowest BCUT2D eigenvalue weighted by Crippen LogP contribution is -2.38. The quantitative estimate of drug-likeness (QED) is 0.792. The minimum absolute atomic E-state index is 0.0421. The zero-order valence-electron chi connectivity index (χ0n) is 11.5. The second kappa shape index (κ2) is 5.35. The Kier molecular flexibility index (Phi) is 3.70. The molecule has 1 aliphatic carbocycles. The Morgan fingerprint density at radius 1 is 1.25 bits per heavy atom. The van der Waals surface area contributed by atoms with Crippen LogP contribution in [0.4, 0.5) is 5.69 Å². The van der Waals surface area contributed by atoms with E-state index in [-0.39, 0.29) is 11.8 Å². The van der Waals surface area contributed by atoms with Gasteiger partial charge in [0, 0.05) is 30.9 Å². The average molecular weight is 295 g/mol. The first-order chi connectivity index (χ1) is 9.53. The zero-order valence-corrected chi connectivity index (χ0v) is 12.3. The highest BCUT2D eigenvalue weighted by atomic mass is 32.2. The van der Waals surface area contributed by atoms with E-state index in [9.17, 15) is 8.42 Å². The van der Waals surface area contributed by atoms with Crippen molar-refractivity contribution >= 4 is 15.7 Å². The number of benzene rings is 1. The van der Waals surface area contributed by atoms with Crippen LogP contribution in [-0.4, -0.2) is 38.5 Å². The molecule has 0 spiro atoms. The molecule has 2 aliphatic rings. The van der Waals surface area contributed by atoms with Crippen molar-refractivity contribution in [2.24, 2.45) is 0 Å². The van der Waals surface area contributed by atoms with E-state index in [0.29, 0.717) is 17.3 Å². The van der Waals surface area contributed by atoms with Crippen molar-refractivity contribution < 1.29 is 8.42 Å². The van der Waals surface area contributed by atoms with Gasteiger partial charge in [0.1, 0.15) is 0 Å². The molecule has 1 heterocycles. The second-order valence-corrected chi connectivity index (χ2v) is 7.54. The average Bonchev–Trinajstić information content (AvgIpc) is 3.13. The SMILES string of the molecule is Nc1ccccc1CS(=O)(=O)NC1CCN(C2CC2)C1. The summed E-state index contributed by atoms with van der Waals surface area (Å²) in [6.45, 7) is 1.85. The summed E-state index contributed by atoms with van der Waals surface area (Å²) in [4.78, 5) is 2.39. The van der Waals surface area contributed by atoms with Gasteiger partial charge in [-0.1, -0.05) is 18.2 Å². The predicted molar refractivity (Wildman–Crippen MR) is 79.6 cm³/mol. The number of sulfonamides is 1. The Bertz CT molecular complexity index is 584. The first-order valence-electron chi connectivity index (χ1n) is 7.11. The van der Waals surface area contributed by atoms with Gasteiger partial charge in [0.25, 0.3) is 0 Å². The smallest absolute Gasteiger partial charge is 0.216 e. The topological polar surface area (TPSA) is 75.4 Å². The molecule has 0 amide bonds. The summed E-state index contributed by atoms with van der Waals surface area (Å²) >= 11 is 0. The van der Waals surface area contributed by atoms with E-state index in [1.165, 1.54) is 12.8 Å². The molecule has 5 nitrogen and oxygen atoms in total. The highest BCUT2D eigenvalue weighted by molar-refractivity contribution is 7.88. The van der Waals surface area contributed by atoms with Gasteiger partial charge in [-0.05, 0) is 30.9 Å². The van der Waals surface area contributed by atoms with Crippen LogP contribution < -0.4 is 10.5 Å². The van der Waals surface area contributed by atoms with Crippen molar-refractivity contribution in [2.45, 2.75) is 37.1 Å². The van der Waals surface area contributed by atoms with Gasteiger partial charge in [0.2, 0.25) is 10.0 Å². The van der Waals surface area contributed by atoms with Crippen LogP contribution in [0.1, 0.15) is 24.8 Å². The molecular formula is C14H21N3O2S. The number of nitrogen functional groups attached to an aromatic ring is 1. The Hall–Kier alpha value is -1.11. The lowest BCUT2D eigenvalue weighted by atomic mass is 10.2. The molecule has 1 aromatic rings. The van der Waals surface area contributed by atoms with Crippen LogP contribution in [0.3, 0.4) is 0 Å². The second-order valence-electron chi connectivity index (χ2n) is 5.79. The summed E-state index contributed by atoms with van der Waals surface area (Å²) in [6, 6.07) is 7.86. The molecule has 1 aromatic carbocycles. The highest BCUT2D eigenvalue weighted by Crippen LogP contribution is 2.30. The van der Waals surface area contributed by atoms with Crippen LogP contribution in [0, 0.1) is 0 Å². The number of nitrogens with one attached hydrogen (secondary N) is 1. The van der Waals surface area contributed by atoms with E-state index in [2.05, 4.69) is 9.62 Å². The normalized spacial score (nSPS) is 24.1. The number of nitrogens with zero attached hydrogens (tertiary/aromatic N) is 1. The Balaban J connectivity index is 1.60. The lowest BCUT2D eigenvalue weighted by molar-refractivity contribution is 0.322.